The normalized spacial score (nSPS) is 12.8. The smallest absolute Gasteiger partial charge is 0.273 e. The second-order valence-corrected chi connectivity index (χ2v) is 4.61. The molecule has 0 bridgehead atoms. The second kappa shape index (κ2) is 6.67. The Kier molecular flexibility index (Phi) is 4.68. The highest BCUT2D eigenvalue weighted by atomic mass is 16.3. The number of aliphatic hydroxyl groups excluding tert-OH is 1. The predicted octanol–water partition coefficient (Wildman–Crippen LogP) is 1.84. The van der Waals surface area contributed by atoms with Crippen LogP contribution < -0.4 is 11.2 Å². The number of aliphatic hydroxyl groups is 1. The average Bonchev–Trinajstić information content (AvgIpc) is 2.53. The van der Waals surface area contributed by atoms with Gasteiger partial charge in [-0.15, -0.1) is 0 Å². The highest BCUT2D eigenvalue weighted by Gasteiger charge is 2.16. The standard InChI is InChI=1S/C16H17N3O2/c1-11(12-7-9-14(17)10-8-12)18-19-16(21)15(20)13-5-3-2-4-6-13/h2-10,15,20H,17H2,1H3,(H,19,21)/b18-11+. The summed E-state index contributed by atoms with van der Waals surface area (Å²) in [6.07, 6.45) is -1.24. The number of amides is 1. The van der Waals surface area contributed by atoms with E-state index in [-0.39, 0.29) is 0 Å². The molecular weight excluding hydrogens is 266 g/mol. The molecule has 5 heteroatoms. The lowest BCUT2D eigenvalue weighted by Gasteiger charge is -2.09. The predicted molar refractivity (Wildman–Crippen MR) is 82.6 cm³/mol. The highest BCUT2D eigenvalue weighted by molar-refractivity contribution is 5.99. The van der Waals surface area contributed by atoms with Crippen molar-refractivity contribution in [3.8, 4) is 0 Å². The van der Waals surface area contributed by atoms with Crippen LogP contribution in [0.15, 0.2) is 59.7 Å². The van der Waals surface area contributed by atoms with E-state index in [1.807, 2.05) is 18.2 Å². The van der Waals surface area contributed by atoms with E-state index in [4.69, 9.17) is 5.73 Å². The van der Waals surface area contributed by atoms with Crippen LogP contribution >= 0.6 is 0 Å². The number of nitrogens with zero attached hydrogens (tertiary/aromatic N) is 1. The fourth-order valence-corrected chi connectivity index (χ4v) is 1.78. The number of hydrogen-bond donors (Lipinski definition) is 3. The van der Waals surface area contributed by atoms with Crippen LogP contribution in [0, 0.1) is 0 Å². The summed E-state index contributed by atoms with van der Waals surface area (Å²) in [6, 6.07) is 15.8. The molecule has 0 heterocycles. The van der Waals surface area contributed by atoms with Gasteiger partial charge in [0.2, 0.25) is 0 Å². The van der Waals surface area contributed by atoms with Crippen LogP contribution in [0.2, 0.25) is 0 Å². The molecule has 0 aliphatic rings. The van der Waals surface area contributed by atoms with Gasteiger partial charge in [0, 0.05) is 5.69 Å². The van der Waals surface area contributed by atoms with Crippen LogP contribution in [0.5, 0.6) is 0 Å². The van der Waals surface area contributed by atoms with Crippen LogP contribution in [-0.2, 0) is 4.79 Å². The highest BCUT2D eigenvalue weighted by Crippen LogP contribution is 2.12. The van der Waals surface area contributed by atoms with Gasteiger partial charge in [-0.2, -0.15) is 5.10 Å². The lowest BCUT2D eigenvalue weighted by Crippen LogP contribution is -2.26. The monoisotopic (exact) mass is 283 g/mol. The first-order valence-corrected chi connectivity index (χ1v) is 6.51. The first kappa shape index (κ1) is 14.7. The molecule has 1 unspecified atom stereocenters. The maximum Gasteiger partial charge on any atom is 0.273 e. The number of carbonyl (C=O) groups is 1. The minimum atomic E-state index is -1.24. The van der Waals surface area contributed by atoms with Crippen LogP contribution in [-0.4, -0.2) is 16.7 Å². The molecule has 1 atom stereocenters. The summed E-state index contributed by atoms with van der Waals surface area (Å²) in [7, 11) is 0. The lowest BCUT2D eigenvalue weighted by molar-refractivity contribution is -0.129. The first-order valence-electron chi connectivity index (χ1n) is 6.51. The summed E-state index contributed by atoms with van der Waals surface area (Å²) in [5, 5.41) is 13.9. The summed E-state index contributed by atoms with van der Waals surface area (Å²) in [4.78, 5) is 11.8. The van der Waals surface area contributed by atoms with Gasteiger partial charge in [-0.25, -0.2) is 5.43 Å². The van der Waals surface area contributed by atoms with E-state index in [1.54, 1.807) is 43.3 Å². The summed E-state index contributed by atoms with van der Waals surface area (Å²) in [6.45, 7) is 1.76. The third-order valence-corrected chi connectivity index (χ3v) is 3.03. The van der Waals surface area contributed by atoms with E-state index in [1.165, 1.54) is 0 Å². The minimum Gasteiger partial charge on any atom is -0.399 e. The number of anilines is 1. The van der Waals surface area contributed by atoms with Crippen molar-refractivity contribution in [1.82, 2.24) is 5.43 Å². The number of nitrogens with two attached hydrogens (primary N) is 1. The fourth-order valence-electron chi connectivity index (χ4n) is 1.78. The van der Waals surface area contributed by atoms with Gasteiger partial charge in [-0.05, 0) is 30.2 Å². The number of nitrogen functional groups attached to an aromatic ring is 1. The molecule has 0 fully saturated rings. The van der Waals surface area contributed by atoms with Gasteiger partial charge in [0.05, 0.1) is 5.71 Å². The van der Waals surface area contributed by atoms with Crippen molar-refractivity contribution in [2.24, 2.45) is 5.10 Å². The Morgan fingerprint density at radius 2 is 1.76 bits per heavy atom. The van der Waals surface area contributed by atoms with Crippen LogP contribution in [0.4, 0.5) is 5.69 Å². The molecule has 2 aromatic carbocycles. The number of hydrogen-bond acceptors (Lipinski definition) is 4. The van der Waals surface area contributed by atoms with Gasteiger partial charge in [-0.3, -0.25) is 4.79 Å². The van der Waals surface area contributed by atoms with Crippen molar-refractivity contribution in [3.63, 3.8) is 0 Å². The van der Waals surface area contributed by atoms with Crippen molar-refractivity contribution in [1.29, 1.82) is 0 Å². The Balaban J connectivity index is 2.03. The quantitative estimate of drug-likeness (QED) is 0.454. The van der Waals surface area contributed by atoms with Crippen molar-refractivity contribution < 1.29 is 9.90 Å². The van der Waals surface area contributed by atoms with Gasteiger partial charge in [-0.1, -0.05) is 42.5 Å². The fraction of sp³-hybridized carbons (Fsp3) is 0.125. The molecule has 21 heavy (non-hydrogen) atoms. The van der Waals surface area contributed by atoms with E-state index in [0.717, 1.165) is 5.56 Å². The first-order chi connectivity index (χ1) is 10.1. The Morgan fingerprint density at radius 3 is 2.38 bits per heavy atom. The molecular formula is C16H17N3O2. The Morgan fingerprint density at radius 1 is 1.14 bits per heavy atom. The molecule has 0 aliphatic heterocycles. The molecule has 108 valence electrons. The SMILES string of the molecule is C/C(=N\NC(=O)C(O)c1ccccc1)c1ccc(N)cc1. The van der Waals surface area contributed by atoms with Crippen molar-refractivity contribution in [2.45, 2.75) is 13.0 Å². The van der Waals surface area contributed by atoms with Crippen molar-refractivity contribution in [2.75, 3.05) is 5.73 Å². The molecule has 0 aliphatic carbocycles. The van der Waals surface area contributed by atoms with E-state index in [9.17, 15) is 9.90 Å². The number of hydrazone groups is 1. The topological polar surface area (TPSA) is 87.7 Å². The zero-order valence-corrected chi connectivity index (χ0v) is 11.7. The zero-order chi connectivity index (χ0) is 15.2. The van der Waals surface area contributed by atoms with Crippen LogP contribution in [0.25, 0.3) is 0 Å². The molecule has 0 radical (unpaired) electrons. The molecule has 1 amide bonds. The maximum atomic E-state index is 11.8. The third kappa shape index (κ3) is 3.90. The summed E-state index contributed by atoms with van der Waals surface area (Å²) < 4.78 is 0. The van der Waals surface area contributed by atoms with Gasteiger partial charge in [0.15, 0.2) is 6.10 Å². The minimum absolute atomic E-state index is 0.523. The van der Waals surface area contributed by atoms with Gasteiger partial charge >= 0.3 is 0 Å². The third-order valence-electron chi connectivity index (χ3n) is 3.03. The summed E-state index contributed by atoms with van der Waals surface area (Å²) in [5.74, 6) is -0.573. The van der Waals surface area contributed by atoms with Gasteiger partial charge < -0.3 is 10.8 Å². The Labute approximate surface area is 123 Å². The summed E-state index contributed by atoms with van der Waals surface area (Å²) in [5.41, 5.74) is 10.6. The van der Waals surface area contributed by atoms with E-state index >= 15 is 0 Å². The number of rotatable bonds is 4. The Hall–Kier alpha value is -2.66. The van der Waals surface area contributed by atoms with Crippen LogP contribution in [0.1, 0.15) is 24.2 Å². The van der Waals surface area contributed by atoms with Gasteiger partial charge in [0.25, 0.3) is 5.91 Å². The maximum absolute atomic E-state index is 11.8. The van der Waals surface area contributed by atoms with E-state index in [0.29, 0.717) is 17.0 Å². The van der Waals surface area contributed by atoms with Crippen LogP contribution in [0.3, 0.4) is 0 Å². The largest absolute Gasteiger partial charge is 0.399 e. The molecule has 2 rings (SSSR count). The lowest BCUT2D eigenvalue weighted by atomic mass is 10.1. The molecule has 0 saturated carbocycles. The number of benzene rings is 2. The van der Waals surface area contributed by atoms with E-state index < -0.39 is 12.0 Å². The second-order valence-electron chi connectivity index (χ2n) is 4.61. The Bertz CT molecular complexity index is 636. The molecule has 0 spiro atoms. The molecule has 0 aromatic heterocycles. The molecule has 4 N–H and O–H groups in total. The van der Waals surface area contributed by atoms with Gasteiger partial charge in [0.1, 0.15) is 0 Å². The molecule has 5 nitrogen and oxygen atoms in total. The molecule has 0 saturated heterocycles. The number of nitrogens with one attached hydrogen (secondary N) is 1. The zero-order valence-electron chi connectivity index (χ0n) is 11.7. The number of carbonyl (C=O) groups excluding carboxylic acids is 1. The molecule has 2 aromatic rings. The van der Waals surface area contributed by atoms with Crippen molar-refractivity contribution >= 4 is 17.3 Å². The average molecular weight is 283 g/mol. The summed E-state index contributed by atoms with van der Waals surface area (Å²) >= 11 is 0. The van der Waals surface area contributed by atoms with Crippen molar-refractivity contribution in [3.05, 3.63) is 65.7 Å². The van der Waals surface area contributed by atoms with E-state index in [2.05, 4.69) is 10.5 Å².